The van der Waals surface area contributed by atoms with Gasteiger partial charge in [-0.2, -0.15) is 0 Å². The summed E-state index contributed by atoms with van der Waals surface area (Å²) in [7, 11) is 3.73. The molecule has 1 heterocycles. The summed E-state index contributed by atoms with van der Waals surface area (Å²) in [6, 6.07) is 2.23. The number of pyridine rings is 1. The Hall–Kier alpha value is -0.930. The molecule has 3 nitrogen and oxygen atoms in total. The maximum atomic E-state index is 5.58. The van der Waals surface area contributed by atoms with Crippen LogP contribution in [-0.2, 0) is 4.74 Å². The van der Waals surface area contributed by atoms with Crippen LogP contribution < -0.4 is 5.32 Å². The fraction of sp³-hybridized carbons (Fsp3) is 0.615. The Kier molecular flexibility index (Phi) is 4.90. The molecule has 0 aliphatic heterocycles. The van der Waals surface area contributed by atoms with E-state index in [1.807, 2.05) is 25.5 Å². The average molecular weight is 222 g/mol. The topological polar surface area (TPSA) is 34.2 Å². The van der Waals surface area contributed by atoms with Crippen LogP contribution in [0.5, 0.6) is 0 Å². The normalized spacial score (nSPS) is 15.1. The van der Waals surface area contributed by atoms with E-state index in [0.717, 1.165) is 0 Å². The lowest BCUT2D eigenvalue weighted by atomic mass is 9.92. The fourth-order valence-corrected chi connectivity index (χ4v) is 2.09. The lowest BCUT2D eigenvalue weighted by Gasteiger charge is -2.29. The molecule has 16 heavy (non-hydrogen) atoms. The Labute approximate surface area is 98.2 Å². The Morgan fingerprint density at radius 3 is 2.50 bits per heavy atom. The highest BCUT2D eigenvalue weighted by Gasteiger charge is 2.25. The SMILES string of the molecule is CNC(c1cnccc1C)C(OC)C(C)C. The number of methoxy groups -OCH3 is 1. The van der Waals surface area contributed by atoms with Crippen molar-refractivity contribution in [1.29, 1.82) is 0 Å². The van der Waals surface area contributed by atoms with Gasteiger partial charge in [-0.3, -0.25) is 4.98 Å². The van der Waals surface area contributed by atoms with Crippen LogP contribution >= 0.6 is 0 Å². The molecule has 0 aromatic carbocycles. The average Bonchev–Trinajstić information content (AvgIpc) is 2.26. The number of ether oxygens (including phenoxy) is 1. The molecule has 0 aliphatic rings. The molecule has 2 atom stereocenters. The van der Waals surface area contributed by atoms with E-state index >= 15 is 0 Å². The van der Waals surface area contributed by atoms with E-state index in [1.165, 1.54) is 11.1 Å². The lowest BCUT2D eigenvalue weighted by molar-refractivity contribution is 0.0346. The van der Waals surface area contributed by atoms with Gasteiger partial charge in [0.05, 0.1) is 12.1 Å². The Morgan fingerprint density at radius 2 is 2.06 bits per heavy atom. The zero-order valence-electron chi connectivity index (χ0n) is 10.8. The summed E-state index contributed by atoms with van der Waals surface area (Å²) in [4.78, 5) is 4.19. The summed E-state index contributed by atoms with van der Waals surface area (Å²) in [6.45, 7) is 6.45. The number of nitrogens with zero attached hydrogens (tertiary/aromatic N) is 1. The minimum Gasteiger partial charge on any atom is -0.379 e. The first-order chi connectivity index (χ1) is 7.61. The Balaban J connectivity index is 3.02. The van der Waals surface area contributed by atoms with Gasteiger partial charge in [0.1, 0.15) is 0 Å². The number of rotatable bonds is 5. The van der Waals surface area contributed by atoms with Crippen molar-refractivity contribution in [2.75, 3.05) is 14.2 Å². The third-order valence-corrected chi connectivity index (χ3v) is 2.98. The minimum atomic E-state index is 0.160. The molecule has 1 aromatic heterocycles. The van der Waals surface area contributed by atoms with E-state index in [9.17, 15) is 0 Å². The number of hydrogen-bond donors (Lipinski definition) is 1. The van der Waals surface area contributed by atoms with Crippen molar-refractivity contribution < 1.29 is 4.74 Å². The van der Waals surface area contributed by atoms with E-state index in [0.29, 0.717) is 5.92 Å². The van der Waals surface area contributed by atoms with Gasteiger partial charge in [0.25, 0.3) is 0 Å². The van der Waals surface area contributed by atoms with Crippen molar-refractivity contribution >= 4 is 0 Å². The maximum absolute atomic E-state index is 5.58. The molecule has 0 saturated heterocycles. The van der Waals surface area contributed by atoms with Crippen LogP contribution in [0.2, 0.25) is 0 Å². The van der Waals surface area contributed by atoms with E-state index in [1.54, 1.807) is 7.11 Å². The van der Waals surface area contributed by atoms with Crippen molar-refractivity contribution in [3.8, 4) is 0 Å². The van der Waals surface area contributed by atoms with Gasteiger partial charge in [0, 0.05) is 19.5 Å². The number of nitrogens with one attached hydrogen (secondary N) is 1. The third kappa shape index (κ3) is 2.80. The van der Waals surface area contributed by atoms with Crippen LogP contribution in [0.1, 0.15) is 31.0 Å². The predicted molar refractivity (Wildman–Crippen MR) is 66.4 cm³/mol. The molecule has 1 rings (SSSR count). The van der Waals surface area contributed by atoms with Gasteiger partial charge in [-0.1, -0.05) is 13.8 Å². The zero-order valence-corrected chi connectivity index (χ0v) is 10.8. The summed E-state index contributed by atoms with van der Waals surface area (Å²) in [5, 5.41) is 3.33. The predicted octanol–water partition coefficient (Wildman–Crippen LogP) is 2.32. The quantitative estimate of drug-likeness (QED) is 0.830. The highest BCUT2D eigenvalue weighted by molar-refractivity contribution is 5.26. The molecule has 2 unspecified atom stereocenters. The van der Waals surface area contributed by atoms with Gasteiger partial charge in [-0.25, -0.2) is 0 Å². The van der Waals surface area contributed by atoms with Crippen LogP contribution in [0.4, 0.5) is 0 Å². The molecule has 0 saturated carbocycles. The highest BCUT2D eigenvalue weighted by Crippen LogP contribution is 2.25. The van der Waals surface area contributed by atoms with Gasteiger partial charge < -0.3 is 10.1 Å². The maximum Gasteiger partial charge on any atom is 0.0789 e. The summed E-state index contributed by atoms with van der Waals surface area (Å²) in [6.07, 6.45) is 3.90. The molecule has 0 radical (unpaired) electrons. The molecule has 90 valence electrons. The first-order valence-corrected chi connectivity index (χ1v) is 5.72. The van der Waals surface area contributed by atoms with Crippen molar-refractivity contribution in [3.63, 3.8) is 0 Å². The lowest BCUT2D eigenvalue weighted by Crippen LogP contribution is -2.35. The largest absolute Gasteiger partial charge is 0.379 e. The van der Waals surface area contributed by atoms with Crippen LogP contribution in [0, 0.1) is 12.8 Å². The molecule has 0 amide bonds. The van der Waals surface area contributed by atoms with Gasteiger partial charge >= 0.3 is 0 Å². The van der Waals surface area contributed by atoms with E-state index < -0.39 is 0 Å². The first kappa shape index (κ1) is 13.1. The van der Waals surface area contributed by atoms with Crippen LogP contribution in [0.3, 0.4) is 0 Å². The van der Waals surface area contributed by atoms with Crippen molar-refractivity contribution in [2.45, 2.75) is 32.9 Å². The van der Waals surface area contributed by atoms with Crippen LogP contribution in [-0.4, -0.2) is 25.2 Å². The number of hydrogen-bond acceptors (Lipinski definition) is 3. The molecule has 0 spiro atoms. The number of likely N-dealkylation sites (N-methyl/N-ethyl adjacent to an activating group) is 1. The molecule has 0 bridgehead atoms. The fourth-order valence-electron chi connectivity index (χ4n) is 2.09. The van der Waals surface area contributed by atoms with Gasteiger partial charge in [0.2, 0.25) is 0 Å². The van der Waals surface area contributed by atoms with Gasteiger partial charge in [-0.05, 0) is 37.1 Å². The van der Waals surface area contributed by atoms with Crippen LogP contribution in [0.15, 0.2) is 18.5 Å². The van der Waals surface area contributed by atoms with E-state index in [4.69, 9.17) is 4.74 Å². The monoisotopic (exact) mass is 222 g/mol. The highest BCUT2D eigenvalue weighted by atomic mass is 16.5. The number of aryl methyl sites for hydroxylation is 1. The molecule has 0 aliphatic carbocycles. The van der Waals surface area contributed by atoms with E-state index in [-0.39, 0.29) is 12.1 Å². The second-order valence-corrected chi connectivity index (χ2v) is 4.44. The van der Waals surface area contributed by atoms with Gasteiger partial charge in [0.15, 0.2) is 0 Å². The summed E-state index contributed by atoms with van der Waals surface area (Å²) in [5.74, 6) is 0.460. The van der Waals surface area contributed by atoms with E-state index in [2.05, 4.69) is 31.1 Å². The molecule has 1 aromatic rings. The summed E-state index contributed by atoms with van der Waals surface area (Å²) < 4.78 is 5.58. The van der Waals surface area contributed by atoms with Gasteiger partial charge in [-0.15, -0.1) is 0 Å². The minimum absolute atomic E-state index is 0.160. The molecular formula is C13H22N2O. The Bertz CT molecular complexity index is 325. The second kappa shape index (κ2) is 5.97. The zero-order chi connectivity index (χ0) is 12.1. The second-order valence-electron chi connectivity index (χ2n) is 4.44. The van der Waals surface area contributed by atoms with Crippen molar-refractivity contribution in [2.24, 2.45) is 5.92 Å². The standard InChI is InChI=1S/C13H22N2O/c1-9(2)13(16-5)12(14-4)11-8-15-7-6-10(11)3/h6-9,12-14H,1-5H3. The molecule has 0 fully saturated rings. The smallest absolute Gasteiger partial charge is 0.0789 e. The summed E-state index contributed by atoms with van der Waals surface area (Å²) >= 11 is 0. The summed E-state index contributed by atoms with van der Waals surface area (Å²) in [5.41, 5.74) is 2.46. The molecular weight excluding hydrogens is 200 g/mol. The Morgan fingerprint density at radius 1 is 1.38 bits per heavy atom. The number of aromatic nitrogens is 1. The third-order valence-electron chi connectivity index (χ3n) is 2.98. The first-order valence-electron chi connectivity index (χ1n) is 5.72. The molecule has 1 N–H and O–H groups in total. The van der Waals surface area contributed by atoms with Crippen LogP contribution in [0.25, 0.3) is 0 Å². The molecule has 3 heteroatoms. The van der Waals surface area contributed by atoms with Crippen molar-refractivity contribution in [1.82, 2.24) is 10.3 Å². The van der Waals surface area contributed by atoms with Crippen molar-refractivity contribution in [3.05, 3.63) is 29.6 Å².